The number of aromatic amines is 1. The Labute approximate surface area is 210 Å². The molecule has 35 heavy (non-hydrogen) atoms. The highest BCUT2D eigenvalue weighted by Crippen LogP contribution is 2.30. The van der Waals surface area contributed by atoms with Gasteiger partial charge in [-0.1, -0.05) is 17.7 Å². The topological polar surface area (TPSA) is 101 Å². The lowest BCUT2D eigenvalue weighted by atomic mass is 10.2. The van der Waals surface area contributed by atoms with Gasteiger partial charge in [-0.25, -0.2) is 9.78 Å². The molecule has 1 amide bonds. The fourth-order valence-corrected chi connectivity index (χ4v) is 5.66. The minimum Gasteiger partial charge on any atom is -0.462 e. The second kappa shape index (κ2) is 10.5. The zero-order valence-corrected chi connectivity index (χ0v) is 21.5. The molecule has 0 unspecified atom stereocenters. The van der Waals surface area contributed by atoms with E-state index in [-0.39, 0.29) is 11.5 Å². The average molecular weight is 508 g/mol. The number of esters is 1. The number of H-pyrrole nitrogens is 1. The van der Waals surface area contributed by atoms with Crippen molar-refractivity contribution in [3.8, 4) is 0 Å². The predicted molar refractivity (Wildman–Crippen MR) is 141 cm³/mol. The van der Waals surface area contributed by atoms with Crippen LogP contribution in [0.4, 0.5) is 5.69 Å². The molecule has 0 aliphatic carbocycles. The SMILES string of the molecule is CCOC(=O)c1ccc(NC(=O)c2sc3nc(CSc4cc(C)ccc4C)[nH]c(=O)c3c2C)cc1. The molecule has 180 valence electrons. The van der Waals surface area contributed by atoms with Gasteiger partial charge in [0.2, 0.25) is 0 Å². The van der Waals surface area contributed by atoms with E-state index in [0.29, 0.717) is 50.1 Å². The number of hydrogen-bond donors (Lipinski definition) is 2. The second-order valence-corrected chi connectivity index (χ2v) is 10.1. The van der Waals surface area contributed by atoms with Gasteiger partial charge in [-0.2, -0.15) is 0 Å². The maximum atomic E-state index is 13.0. The van der Waals surface area contributed by atoms with Crippen molar-refractivity contribution < 1.29 is 14.3 Å². The number of rotatable bonds is 7. The molecule has 0 saturated heterocycles. The molecule has 2 heterocycles. The van der Waals surface area contributed by atoms with Crippen LogP contribution in [0.15, 0.2) is 52.2 Å². The molecule has 0 aliphatic rings. The minimum absolute atomic E-state index is 0.252. The van der Waals surface area contributed by atoms with Crippen LogP contribution < -0.4 is 10.9 Å². The number of fused-ring (bicyclic) bond motifs is 1. The van der Waals surface area contributed by atoms with Crippen LogP contribution in [0.25, 0.3) is 10.2 Å². The lowest BCUT2D eigenvalue weighted by molar-refractivity contribution is 0.0526. The summed E-state index contributed by atoms with van der Waals surface area (Å²) in [6, 6.07) is 12.7. The molecule has 0 saturated carbocycles. The van der Waals surface area contributed by atoms with E-state index < -0.39 is 5.97 Å². The Morgan fingerprint density at radius 1 is 1.11 bits per heavy atom. The van der Waals surface area contributed by atoms with E-state index >= 15 is 0 Å². The highest BCUT2D eigenvalue weighted by Gasteiger charge is 2.20. The van der Waals surface area contributed by atoms with Crippen molar-refractivity contribution in [1.29, 1.82) is 0 Å². The fraction of sp³-hybridized carbons (Fsp3) is 0.231. The Morgan fingerprint density at radius 3 is 2.57 bits per heavy atom. The third-order valence-corrected chi connectivity index (χ3v) is 7.77. The summed E-state index contributed by atoms with van der Waals surface area (Å²) in [5.41, 5.74) is 3.63. The van der Waals surface area contributed by atoms with E-state index in [1.807, 2.05) is 6.92 Å². The van der Waals surface area contributed by atoms with Crippen LogP contribution in [0.2, 0.25) is 0 Å². The van der Waals surface area contributed by atoms with Gasteiger partial charge in [-0.3, -0.25) is 9.59 Å². The molecule has 0 aliphatic heterocycles. The monoisotopic (exact) mass is 507 g/mol. The molecule has 2 aromatic heterocycles. The molecule has 2 aromatic carbocycles. The number of aryl methyl sites for hydroxylation is 3. The molecular formula is C26H25N3O4S2. The molecule has 7 nitrogen and oxygen atoms in total. The summed E-state index contributed by atoms with van der Waals surface area (Å²) < 4.78 is 4.98. The number of carbonyl (C=O) groups excluding carboxylic acids is 2. The van der Waals surface area contributed by atoms with Crippen LogP contribution in [-0.2, 0) is 10.5 Å². The Kier molecular flexibility index (Phi) is 7.37. The summed E-state index contributed by atoms with van der Waals surface area (Å²) in [7, 11) is 0. The highest BCUT2D eigenvalue weighted by molar-refractivity contribution is 7.98. The number of hydrogen-bond acceptors (Lipinski definition) is 7. The molecule has 4 aromatic rings. The fourth-order valence-electron chi connectivity index (χ4n) is 3.57. The third kappa shape index (κ3) is 5.47. The normalized spacial score (nSPS) is 11.0. The first-order valence-electron chi connectivity index (χ1n) is 11.1. The van der Waals surface area contributed by atoms with Crippen LogP contribution in [0.1, 0.15) is 49.5 Å². The summed E-state index contributed by atoms with van der Waals surface area (Å²) in [4.78, 5) is 47.2. The van der Waals surface area contributed by atoms with Gasteiger partial charge in [0.25, 0.3) is 11.5 Å². The number of thioether (sulfide) groups is 1. The van der Waals surface area contributed by atoms with Crippen molar-refractivity contribution in [3.05, 3.63) is 85.8 Å². The molecule has 0 spiro atoms. The number of nitrogens with one attached hydrogen (secondary N) is 2. The standard InChI is InChI=1S/C26H25N3O4S2/c1-5-33-26(32)17-8-10-18(11-9-17)27-24(31)22-16(4)21-23(30)28-20(29-25(21)35-22)13-34-19-12-14(2)6-7-15(19)3/h6-12H,5,13H2,1-4H3,(H,27,31)(H,28,29,30). The molecule has 0 radical (unpaired) electrons. The van der Waals surface area contributed by atoms with Crippen LogP contribution in [0.3, 0.4) is 0 Å². The van der Waals surface area contributed by atoms with Crippen LogP contribution in [0.5, 0.6) is 0 Å². The van der Waals surface area contributed by atoms with E-state index in [1.54, 1.807) is 49.9 Å². The zero-order valence-electron chi connectivity index (χ0n) is 19.9. The first-order valence-corrected chi connectivity index (χ1v) is 12.9. The van der Waals surface area contributed by atoms with Crippen LogP contribution in [0, 0.1) is 20.8 Å². The first-order chi connectivity index (χ1) is 16.8. The molecule has 2 N–H and O–H groups in total. The Hall–Kier alpha value is -3.43. The summed E-state index contributed by atoms with van der Waals surface area (Å²) >= 11 is 2.81. The molecular weight excluding hydrogens is 482 g/mol. The Balaban J connectivity index is 1.54. The highest BCUT2D eigenvalue weighted by atomic mass is 32.2. The van der Waals surface area contributed by atoms with Gasteiger partial charge < -0.3 is 15.0 Å². The van der Waals surface area contributed by atoms with E-state index in [1.165, 1.54) is 22.5 Å². The number of carbonyl (C=O) groups is 2. The molecule has 0 bridgehead atoms. The van der Waals surface area contributed by atoms with Gasteiger partial charge in [0.05, 0.1) is 28.2 Å². The zero-order chi connectivity index (χ0) is 25.1. The lowest BCUT2D eigenvalue weighted by Crippen LogP contribution is -2.13. The van der Waals surface area contributed by atoms with Gasteiger partial charge in [-0.05, 0) is 69.2 Å². The summed E-state index contributed by atoms with van der Waals surface area (Å²) in [5.74, 6) is 0.333. The number of anilines is 1. The van der Waals surface area contributed by atoms with E-state index in [0.717, 1.165) is 4.90 Å². The number of aromatic nitrogens is 2. The lowest BCUT2D eigenvalue weighted by Gasteiger charge is -2.06. The van der Waals surface area contributed by atoms with Gasteiger partial charge in [0.1, 0.15) is 10.7 Å². The first kappa shape index (κ1) is 24.7. The quantitative estimate of drug-likeness (QED) is 0.248. The van der Waals surface area contributed by atoms with Crippen LogP contribution >= 0.6 is 23.1 Å². The molecule has 0 fully saturated rings. The number of thiophene rings is 1. The summed E-state index contributed by atoms with van der Waals surface area (Å²) in [5, 5.41) is 3.25. The van der Waals surface area contributed by atoms with Gasteiger partial charge in [-0.15, -0.1) is 23.1 Å². The summed E-state index contributed by atoms with van der Waals surface area (Å²) in [6.07, 6.45) is 0. The maximum Gasteiger partial charge on any atom is 0.338 e. The Bertz CT molecular complexity index is 1470. The van der Waals surface area contributed by atoms with Crippen molar-refractivity contribution in [1.82, 2.24) is 9.97 Å². The molecule has 9 heteroatoms. The van der Waals surface area contributed by atoms with E-state index in [9.17, 15) is 14.4 Å². The minimum atomic E-state index is -0.414. The second-order valence-electron chi connectivity index (χ2n) is 8.06. The van der Waals surface area contributed by atoms with Gasteiger partial charge in [0, 0.05) is 10.6 Å². The van der Waals surface area contributed by atoms with Crippen LogP contribution in [-0.4, -0.2) is 28.5 Å². The average Bonchev–Trinajstić information content (AvgIpc) is 3.17. The predicted octanol–water partition coefficient (Wildman–Crippen LogP) is 5.63. The molecule has 4 rings (SSSR count). The Morgan fingerprint density at radius 2 is 1.86 bits per heavy atom. The van der Waals surface area contributed by atoms with E-state index in [4.69, 9.17) is 4.74 Å². The third-order valence-electron chi connectivity index (χ3n) is 5.42. The molecule has 0 atom stereocenters. The van der Waals surface area contributed by atoms with Crippen molar-refractivity contribution in [2.75, 3.05) is 11.9 Å². The number of ether oxygens (including phenoxy) is 1. The number of nitrogens with zero attached hydrogens (tertiary/aromatic N) is 1. The van der Waals surface area contributed by atoms with Gasteiger partial charge >= 0.3 is 5.97 Å². The van der Waals surface area contributed by atoms with E-state index in [2.05, 4.69) is 40.4 Å². The summed E-state index contributed by atoms with van der Waals surface area (Å²) in [6.45, 7) is 7.89. The number of amides is 1. The van der Waals surface area contributed by atoms with Crippen molar-refractivity contribution in [3.63, 3.8) is 0 Å². The van der Waals surface area contributed by atoms with Crippen molar-refractivity contribution in [2.24, 2.45) is 0 Å². The number of benzene rings is 2. The maximum absolute atomic E-state index is 13.0. The van der Waals surface area contributed by atoms with Gasteiger partial charge in [0.15, 0.2) is 0 Å². The van der Waals surface area contributed by atoms with Crippen molar-refractivity contribution >= 4 is 50.9 Å². The van der Waals surface area contributed by atoms with Crippen molar-refractivity contribution in [2.45, 2.75) is 38.3 Å². The largest absolute Gasteiger partial charge is 0.462 e. The smallest absolute Gasteiger partial charge is 0.338 e.